The number of rotatable bonds is 0. The molecule has 1 aromatic carbocycles. The second kappa shape index (κ2) is 1.97. The van der Waals surface area contributed by atoms with Crippen LogP contribution in [0, 0.1) is 13.0 Å². The maximum Gasteiger partial charge on any atom is 0.165 e. The highest BCUT2D eigenvalue weighted by Gasteiger charge is 1.95. The van der Waals surface area contributed by atoms with Crippen molar-refractivity contribution in [3.8, 4) is 11.5 Å². The minimum absolute atomic E-state index is 0.116. The van der Waals surface area contributed by atoms with E-state index in [1.807, 2.05) is 6.92 Å². The number of hydrogen-bond donors (Lipinski definition) is 2. The van der Waals surface area contributed by atoms with Crippen LogP contribution >= 0.6 is 0 Å². The first kappa shape index (κ1) is 5.95. The zero-order valence-electron chi connectivity index (χ0n) is 5.05. The minimum Gasteiger partial charge on any atom is -0.504 e. The van der Waals surface area contributed by atoms with Crippen LogP contribution in [0.4, 0.5) is 0 Å². The molecule has 0 fully saturated rings. The van der Waals surface area contributed by atoms with E-state index >= 15 is 0 Å². The van der Waals surface area contributed by atoms with Gasteiger partial charge in [-0.15, -0.1) is 0 Å². The first-order valence-electron chi connectivity index (χ1n) is 2.60. The monoisotopic (exact) mass is 123 g/mol. The third-order valence-corrected chi connectivity index (χ3v) is 1.04. The van der Waals surface area contributed by atoms with E-state index in [1.54, 1.807) is 6.07 Å². The van der Waals surface area contributed by atoms with Crippen LogP contribution in [-0.2, 0) is 0 Å². The lowest BCUT2D eigenvalue weighted by molar-refractivity contribution is 0.402. The van der Waals surface area contributed by atoms with Gasteiger partial charge in [-0.05, 0) is 24.6 Å². The SMILES string of the molecule is Cc1c[c]c(O)c(O)c1. The van der Waals surface area contributed by atoms with Crippen LogP contribution < -0.4 is 0 Å². The summed E-state index contributed by atoms with van der Waals surface area (Å²) in [7, 11) is 0. The van der Waals surface area contributed by atoms with Crippen LogP contribution in [0.5, 0.6) is 11.5 Å². The lowest BCUT2D eigenvalue weighted by atomic mass is 10.2. The van der Waals surface area contributed by atoms with Gasteiger partial charge >= 0.3 is 0 Å². The molecule has 0 saturated carbocycles. The van der Waals surface area contributed by atoms with Crippen LogP contribution in [0.15, 0.2) is 12.1 Å². The first-order chi connectivity index (χ1) is 4.20. The Morgan fingerprint density at radius 3 is 2.56 bits per heavy atom. The molecule has 2 N–H and O–H groups in total. The van der Waals surface area contributed by atoms with Gasteiger partial charge in [-0.3, -0.25) is 0 Å². The normalized spacial score (nSPS) is 9.44. The number of hydrogen-bond acceptors (Lipinski definition) is 2. The Labute approximate surface area is 53.4 Å². The van der Waals surface area contributed by atoms with Crippen molar-refractivity contribution in [2.24, 2.45) is 0 Å². The molecule has 0 aromatic heterocycles. The topological polar surface area (TPSA) is 40.5 Å². The predicted octanol–water partition coefficient (Wildman–Crippen LogP) is 1.21. The van der Waals surface area contributed by atoms with Crippen LogP contribution in [0.2, 0.25) is 0 Å². The van der Waals surface area contributed by atoms with Crippen molar-refractivity contribution >= 4 is 0 Å². The molecular weight excluding hydrogens is 116 g/mol. The Hall–Kier alpha value is -1.18. The summed E-state index contributed by atoms with van der Waals surface area (Å²) in [6, 6.07) is 5.56. The van der Waals surface area contributed by atoms with Gasteiger partial charge in [-0.2, -0.15) is 0 Å². The Bertz CT molecular complexity index is 218. The molecule has 0 aliphatic carbocycles. The fourth-order valence-corrected chi connectivity index (χ4v) is 0.582. The fourth-order valence-electron chi connectivity index (χ4n) is 0.582. The summed E-state index contributed by atoms with van der Waals surface area (Å²) >= 11 is 0. The van der Waals surface area contributed by atoms with Crippen molar-refractivity contribution in [2.75, 3.05) is 0 Å². The van der Waals surface area contributed by atoms with Crippen molar-refractivity contribution in [3.05, 3.63) is 23.8 Å². The fraction of sp³-hybridized carbons (Fsp3) is 0.143. The van der Waals surface area contributed by atoms with E-state index in [-0.39, 0.29) is 11.5 Å². The maximum atomic E-state index is 8.82. The van der Waals surface area contributed by atoms with Gasteiger partial charge in [0.1, 0.15) is 0 Å². The summed E-state index contributed by atoms with van der Waals surface area (Å²) in [5.74, 6) is -0.310. The second-order valence-electron chi connectivity index (χ2n) is 1.91. The van der Waals surface area contributed by atoms with Crippen molar-refractivity contribution in [2.45, 2.75) is 6.92 Å². The van der Waals surface area contributed by atoms with E-state index in [1.165, 1.54) is 6.07 Å². The summed E-state index contributed by atoms with van der Waals surface area (Å²) in [6.45, 7) is 1.82. The number of benzene rings is 1. The maximum absolute atomic E-state index is 8.82. The van der Waals surface area contributed by atoms with E-state index in [0.717, 1.165) is 5.56 Å². The highest BCUT2D eigenvalue weighted by molar-refractivity contribution is 5.38. The van der Waals surface area contributed by atoms with E-state index < -0.39 is 0 Å². The van der Waals surface area contributed by atoms with Crippen molar-refractivity contribution in [3.63, 3.8) is 0 Å². The summed E-state index contributed by atoms with van der Waals surface area (Å²) in [4.78, 5) is 0. The average molecular weight is 123 g/mol. The lowest BCUT2D eigenvalue weighted by Crippen LogP contribution is -1.71. The molecule has 0 saturated heterocycles. The molecule has 0 aliphatic heterocycles. The summed E-state index contributed by atoms with van der Waals surface area (Å²) in [6.07, 6.45) is 0. The highest BCUT2D eigenvalue weighted by Crippen LogP contribution is 2.23. The number of phenols is 2. The van der Waals surface area contributed by atoms with Gasteiger partial charge in [0.15, 0.2) is 11.5 Å². The first-order valence-corrected chi connectivity index (χ1v) is 2.60. The zero-order chi connectivity index (χ0) is 6.85. The Kier molecular flexibility index (Phi) is 1.30. The molecule has 1 radical (unpaired) electrons. The predicted molar refractivity (Wildman–Crippen MR) is 33.3 cm³/mol. The second-order valence-corrected chi connectivity index (χ2v) is 1.91. The molecule has 2 heteroatoms. The molecule has 47 valence electrons. The standard InChI is InChI=1S/C7H7O2/c1-5-2-3-6(8)7(9)4-5/h2,4,8-9H,1H3. The van der Waals surface area contributed by atoms with Crippen molar-refractivity contribution < 1.29 is 10.2 Å². The smallest absolute Gasteiger partial charge is 0.165 e. The number of aromatic hydroxyl groups is 2. The molecule has 0 bridgehead atoms. The third kappa shape index (κ3) is 1.13. The molecular formula is C7H7O2. The molecule has 0 amide bonds. The molecule has 0 heterocycles. The van der Waals surface area contributed by atoms with Gasteiger partial charge in [0.2, 0.25) is 0 Å². The average Bonchev–Trinajstić information content (AvgIpc) is 1.80. The Morgan fingerprint density at radius 1 is 1.44 bits per heavy atom. The Balaban J connectivity index is 3.17. The molecule has 1 aromatic rings. The van der Waals surface area contributed by atoms with Crippen LogP contribution in [-0.4, -0.2) is 10.2 Å². The van der Waals surface area contributed by atoms with Crippen LogP contribution in [0.1, 0.15) is 5.56 Å². The minimum atomic E-state index is -0.194. The zero-order valence-corrected chi connectivity index (χ0v) is 5.05. The largest absolute Gasteiger partial charge is 0.504 e. The van der Waals surface area contributed by atoms with Gasteiger partial charge < -0.3 is 10.2 Å². The molecule has 0 unspecified atom stereocenters. The highest BCUT2D eigenvalue weighted by atomic mass is 16.3. The molecule has 0 atom stereocenters. The molecule has 1 rings (SSSR count). The van der Waals surface area contributed by atoms with Crippen molar-refractivity contribution in [1.29, 1.82) is 0 Å². The molecule has 0 aliphatic rings. The summed E-state index contributed by atoms with van der Waals surface area (Å²) in [5, 5.41) is 17.6. The molecule has 2 nitrogen and oxygen atoms in total. The summed E-state index contributed by atoms with van der Waals surface area (Å²) < 4.78 is 0. The van der Waals surface area contributed by atoms with Gasteiger partial charge in [-0.25, -0.2) is 0 Å². The van der Waals surface area contributed by atoms with E-state index in [0.29, 0.717) is 0 Å². The van der Waals surface area contributed by atoms with Gasteiger partial charge in [0, 0.05) is 6.07 Å². The quantitative estimate of drug-likeness (QED) is 0.509. The lowest BCUT2D eigenvalue weighted by Gasteiger charge is -1.95. The number of phenolic OH excluding ortho intramolecular Hbond substituents is 2. The Morgan fingerprint density at radius 2 is 2.11 bits per heavy atom. The molecule has 9 heavy (non-hydrogen) atoms. The van der Waals surface area contributed by atoms with E-state index in [4.69, 9.17) is 10.2 Å². The molecule has 0 spiro atoms. The summed E-state index contributed by atoms with van der Waals surface area (Å²) in [5.41, 5.74) is 0.880. The van der Waals surface area contributed by atoms with Crippen molar-refractivity contribution in [1.82, 2.24) is 0 Å². The van der Waals surface area contributed by atoms with Crippen LogP contribution in [0.25, 0.3) is 0 Å². The van der Waals surface area contributed by atoms with E-state index in [9.17, 15) is 0 Å². The van der Waals surface area contributed by atoms with E-state index in [2.05, 4.69) is 6.07 Å². The van der Waals surface area contributed by atoms with Gasteiger partial charge in [0.05, 0.1) is 0 Å². The van der Waals surface area contributed by atoms with Gasteiger partial charge in [-0.1, -0.05) is 0 Å². The third-order valence-electron chi connectivity index (χ3n) is 1.04. The van der Waals surface area contributed by atoms with Gasteiger partial charge in [0.25, 0.3) is 0 Å². The van der Waals surface area contributed by atoms with Crippen LogP contribution in [0.3, 0.4) is 0 Å². The number of aryl methyl sites for hydroxylation is 1.